The Morgan fingerprint density at radius 3 is 2.33 bits per heavy atom. The molecule has 1 spiro atoms. The van der Waals surface area contributed by atoms with Gasteiger partial charge < -0.3 is 14.8 Å². The SMILES string of the molecule is CCC(CC)(Oc1ccc(Cl)cc1C1CC(=O)N[C@@H](c2cc(F)ccc2C)[C@]12C(=O)N(C(=O)OCC(C)C)c1cc(Cl)ccc12)C(=O)NS(C)(=O)=O. The van der Waals surface area contributed by atoms with Crippen LogP contribution in [0.4, 0.5) is 14.9 Å². The summed E-state index contributed by atoms with van der Waals surface area (Å²) in [5.74, 6) is -4.02. The van der Waals surface area contributed by atoms with Gasteiger partial charge in [0.05, 0.1) is 24.6 Å². The third-order valence-electron chi connectivity index (χ3n) is 9.66. The number of carbonyl (C=O) groups is 4. The molecule has 1 unspecified atom stereocenters. The number of nitrogens with one attached hydrogen (secondary N) is 2. The van der Waals surface area contributed by atoms with Crippen LogP contribution in [-0.2, 0) is 34.6 Å². The van der Waals surface area contributed by atoms with E-state index in [4.69, 9.17) is 32.7 Å². The van der Waals surface area contributed by atoms with Crippen LogP contribution in [0.2, 0.25) is 10.0 Å². The first-order valence-corrected chi connectivity index (χ1v) is 19.4. The van der Waals surface area contributed by atoms with Gasteiger partial charge in [-0.15, -0.1) is 0 Å². The normalized spacial score (nSPS) is 20.2. The first kappa shape index (κ1) is 39.0. The molecule has 3 atom stereocenters. The van der Waals surface area contributed by atoms with Gasteiger partial charge in [0.1, 0.15) is 17.0 Å². The lowest BCUT2D eigenvalue weighted by molar-refractivity contribution is -0.136. The van der Waals surface area contributed by atoms with E-state index < -0.39 is 62.6 Å². The van der Waals surface area contributed by atoms with Crippen molar-refractivity contribution in [3.8, 4) is 5.75 Å². The van der Waals surface area contributed by atoms with Crippen LogP contribution < -0.4 is 19.7 Å². The van der Waals surface area contributed by atoms with Crippen molar-refractivity contribution in [3.63, 3.8) is 0 Å². The van der Waals surface area contributed by atoms with Crippen molar-refractivity contribution in [2.45, 2.75) is 76.9 Å². The molecule has 15 heteroatoms. The summed E-state index contributed by atoms with van der Waals surface area (Å²) in [6.45, 7) is 8.69. The molecule has 0 radical (unpaired) electrons. The number of sulfonamides is 1. The molecule has 2 aliphatic rings. The summed E-state index contributed by atoms with van der Waals surface area (Å²) < 4.78 is 53.4. The Bertz CT molecular complexity index is 2060. The van der Waals surface area contributed by atoms with Crippen LogP contribution in [0, 0.1) is 18.7 Å². The zero-order valence-corrected chi connectivity index (χ0v) is 31.8. The molecule has 2 heterocycles. The van der Waals surface area contributed by atoms with Crippen molar-refractivity contribution >= 4 is 62.7 Å². The number of piperidine rings is 1. The predicted molar refractivity (Wildman–Crippen MR) is 195 cm³/mol. The lowest BCUT2D eigenvalue weighted by Gasteiger charge is -2.47. The lowest BCUT2D eigenvalue weighted by Crippen LogP contribution is -2.59. The topological polar surface area (TPSA) is 148 Å². The molecular weight excluding hydrogens is 736 g/mol. The van der Waals surface area contributed by atoms with E-state index in [2.05, 4.69) is 5.32 Å². The molecule has 3 aromatic rings. The van der Waals surface area contributed by atoms with E-state index in [0.717, 1.165) is 11.2 Å². The number of fused-ring (bicyclic) bond motifs is 2. The van der Waals surface area contributed by atoms with Gasteiger partial charge in [-0.25, -0.2) is 27.2 Å². The summed E-state index contributed by atoms with van der Waals surface area (Å²) in [6.07, 6.45) is -0.402. The van der Waals surface area contributed by atoms with Gasteiger partial charge in [0.25, 0.3) is 5.91 Å². The van der Waals surface area contributed by atoms with Crippen LogP contribution in [0.15, 0.2) is 54.6 Å². The van der Waals surface area contributed by atoms with Gasteiger partial charge in [0.15, 0.2) is 5.60 Å². The van der Waals surface area contributed by atoms with E-state index in [-0.39, 0.29) is 64.4 Å². The van der Waals surface area contributed by atoms with E-state index in [9.17, 15) is 22.8 Å². The maximum absolute atomic E-state index is 15.4. The predicted octanol–water partition coefficient (Wildman–Crippen LogP) is 6.88. The number of halogens is 3. The number of benzene rings is 3. The number of nitrogens with zero attached hydrogens (tertiary/aromatic N) is 1. The molecule has 1 saturated heterocycles. The van der Waals surface area contributed by atoms with Gasteiger partial charge in [-0.2, -0.15) is 0 Å². The number of amides is 4. The van der Waals surface area contributed by atoms with Crippen molar-refractivity contribution in [2.24, 2.45) is 5.92 Å². The smallest absolute Gasteiger partial charge is 0.421 e. The highest BCUT2D eigenvalue weighted by atomic mass is 35.5. The molecule has 278 valence electrons. The van der Waals surface area contributed by atoms with Crippen LogP contribution in [0.1, 0.15) is 81.2 Å². The molecule has 0 saturated carbocycles. The highest BCUT2D eigenvalue weighted by Crippen LogP contribution is 2.61. The Balaban J connectivity index is 1.83. The monoisotopic (exact) mass is 775 g/mol. The summed E-state index contributed by atoms with van der Waals surface area (Å²) in [5, 5.41) is 3.33. The van der Waals surface area contributed by atoms with Crippen LogP contribution >= 0.6 is 23.2 Å². The number of ether oxygens (including phenoxy) is 2. The largest absolute Gasteiger partial charge is 0.477 e. The Labute approximate surface area is 312 Å². The fourth-order valence-corrected chi connectivity index (χ4v) is 8.02. The molecule has 4 amide bonds. The summed E-state index contributed by atoms with van der Waals surface area (Å²) >= 11 is 13.1. The Morgan fingerprint density at radius 1 is 1.04 bits per heavy atom. The minimum Gasteiger partial charge on any atom is -0.477 e. The average molecular weight is 777 g/mol. The molecule has 5 rings (SSSR count). The van der Waals surface area contributed by atoms with Gasteiger partial charge in [0.2, 0.25) is 21.8 Å². The summed E-state index contributed by atoms with van der Waals surface area (Å²) in [6, 6.07) is 11.8. The van der Waals surface area contributed by atoms with E-state index in [0.29, 0.717) is 11.1 Å². The van der Waals surface area contributed by atoms with Gasteiger partial charge in [-0.05, 0) is 84.8 Å². The van der Waals surface area contributed by atoms with Crippen molar-refractivity contribution in [3.05, 3.63) is 92.7 Å². The van der Waals surface area contributed by atoms with Crippen LogP contribution in [0.25, 0.3) is 0 Å². The van der Waals surface area contributed by atoms with Crippen molar-refractivity contribution in [1.82, 2.24) is 10.0 Å². The molecule has 2 aliphatic heterocycles. The highest BCUT2D eigenvalue weighted by molar-refractivity contribution is 7.89. The van der Waals surface area contributed by atoms with E-state index in [1.165, 1.54) is 42.5 Å². The third-order valence-corrected chi connectivity index (χ3v) is 10.7. The Hall–Kier alpha value is -4.20. The number of hydrogen-bond acceptors (Lipinski definition) is 8. The number of hydrogen-bond donors (Lipinski definition) is 2. The van der Waals surface area contributed by atoms with Crippen LogP contribution in [0.5, 0.6) is 5.75 Å². The maximum Gasteiger partial charge on any atom is 0.421 e. The molecule has 0 aromatic heterocycles. The third kappa shape index (κ3) is 7.10. The molecule has 1 fully saturated rings. The second kappa shape index (κ2) is 14.7. The summed E-state index contributed by atoms with van der Waals surface area (Å²) in [5.41, 5.74) is -2.15. The van der Waals surface area contributed by atoms with E-state index >= 15 is 9.18 Å². The number of anilines is 1. The fraction of sp³-hybridized carbons (Fsp3) is 0.405. The molecule has 2 N–H and O–H groups in total. The lowest BCUT2D eigenvalue weighted by atomic mass is 9.58. The molecule has 3 aromatic carbocycles. The van der Waals surface area contributed by atoms with Crippen molar-refractivity contribution in [1.29, 1.82) is 0 Å². The standard InChI is InChI=1S/C37H40Cl2FN3O8S/c1-7-36(8-2,33(45)42-52(6,48)49)51-30-14-11-22(38)15-26(30)28-18-31(44)41-32(25-17-24(40)12-9-21(25)5)37(28)27-13-10-23(39)16-29(27)43(34(37)46)35(47)50-19-20(3)4/h9-17,20,28,32H,7-8,18-19H2,1-6H3,(H,41,44)(H,42,45)/t28?,32-,37+/m0/s1. The molecule has 11 nitrogen and oxygen atoms in total. The number of imide groups is 1. The molecular formula is C37H40Cl2FN3O8S. The van der Waals surface area contributed by atoms with Crippen LogP contribution in [0.3, 0.4) is 0 Å². The number of rotatable bonds is 10. The van der Waals surface area contributed by atoms with Crippen molar-refractivity contribution in [2.75, 3.05) is 17.8 Å². The van der Waals surface area contributed by atoms with Gasteiger partial charge in [0, 0.05) is 27.9 Å². The zero-order valence-electron chi connectivity index (χ0n) is 29.5. The van der Waals surface area contributed by atoms with Crippen LogP contribution in [-0.4, -0.2) is 50.7 Å². The molecule has 0 aliphatic carbocycles. The molecule has 52 heavy (non-hydrogen) atoms. The summed E-state index contributed by atoms with van der Waals surface area (Å²) in [7, 11) is -3.99. The number of aryl methyl sites for hydroxylation is 1. The second-order valence-corrected chi connectivity index (χ2v) is 16.2. The first-order valence-electron chi connectivity index (χ1n) is 16.8. The first-order chi connectivity index (χ1) is 24.4. The zero-order chi connectivity index (χ0) is 38.3. The fourth-order valence-electron chi connectivity index (χ4n) is 7.15. The average Bonchev–Trinajstić information content (AvgIpc) is 3.31. The van der Waals surface area contributed by atoms with E-state index in [1.54, 1.807) is 32.9 Å². The number of carbonyl (C=O) groups excluding carboxylic acids is 4. The highest BCUT2D eigenvalue weighted by Gasteiger charge is 2.65. The summed E-state index contributed by atoms with van der Waals surface area (Å²) in [4.78, 5) is 57.5. The minimum atomic E-state index is -3.99. The minimum absolute atomic E-state index is 0.00391. The van der Waals surface area contributed by atoms with Gasteiger partial charge >= 0.3 is 6.09 Å². The van der Waals surface area contributed by atoms with Gasteiger partial charge in [-0.1, -0.05) is 63.0 Å². The maximum atomic E-state index is 15.4. The molecule has 0 bridgehead atoms. The Kier molecular flexibility index (Phi) is 11.0. The Morgan fingerprint density at radius 2 is 1.69 bits per heavy atom. The second-order valence-electron chi connectivity index (χ2n) is 13.6. The van der Waals surface area contributed by atoms with E-state index in [1.807, 2.05) is 18.6 Å². The van der Waals surface area contributed by atoms with Crippen molar-refractivity contribution < 1.29 is 41.5 Å². The quantitative estimate of drug-likeness (QED) is 0.227. The van der Waals surface area contributed by atoms with Gasteiger partial charge in [-0.3, -0.25) is 14.4 Å².